The molecule has 0 aliphatic carbocycles. The van der Waals surface area contributed by atoms with E-state index in [-0.39, 0.29) is 0 Å². The van der Waals surface area contributed by atoms with Crippen LogP contribution in [0.2, 0.25) is 0 Å². The van der Waals surface area contributed by atoms with E-state index in [1.165, 1.54) is 11.3 Å². The maximum atomic E-state index is 3.62. The molecule has 3 heteroatoms. The van der Waals surface area contributed by atoms with Gasteiger partial charge >= 0.3 is 0 Å². The van der Waals surface area contributed by atoms with Crippen molar-refractivity contribution in [1.29, 1.82) is 0 Å². The molecule has 0 aliphatic heterocycles. The van der Waals surface area contributed by atoms with Crippen LogP contribution in [0, 0.1) is 11.8 Å². The third-order valence-corrected chi connectivity index (χ3v) is 3.97. The number of nitrogens with one attached hydrogen (secondary N) is 1. The second-order valence-corrected chi connectivity index (χ2v) is 7.59. The summed E-state index contributed by atoms with van der Waals surface area (Å²) >= 11 is 3.62. The van der Waals surface area contributed by atoms with Gasteiger partial charge in [-0.1, -0.05) is 50.5 Å². The van der Waals surface area contributed by atoms with Gasteiger partial charge in [0.15, 0.2) is 0 Å². The van der Waals surface area contributed by atoms with E-state index in [1.54, 1.807) is 0 Å². The standard InChI is InChI=1S/C18H31BrN2/c1-7-20-15(6)17-10-16(19)8-9-18(17)21(11-13(2)3)12-14(4)5/h8-10,13-15,20H,7,11-12H2,1-6H3. The Labute approximate surface area is 139 Å². The summed E-state index contributed by atoms with van der Waals surface area (Å²) in [7, 11) is 0. The van der Waals surface area contributed by atoms with Crippen LogP contribution in [-0.4, -0.2) is 19.6 Å². The van der Waals surface area contributed by atoms with Crippen LogP contribution in [0.25, 0.3) is 0 Å². The smallest absolute Gasteiger partial charge is 0.0415 e. The van der Waals surface area contributed by atoms with Gasteiger partial charge in [-0.05, 0) is 49.1 Å². The third kappa shape index (κ3) is 5.99. The Morgan fingerprint density at radius 1 is 1.05 bits per heavy atom. The van der Waals surface area contributed by atoms with Gasteiger partial charge in [0, 0.05) is 29.3 Å². The molecule has 0 amide bonds. The topological polar surface area (TPSA) is 15.3 Å². The highest BCUT2D eigenvalue weighted by Crippen LogP contribution is 2.30. The fourth-order valence-corrected chi connectivity index (χ4v) is 3.11. The number of hydrogen-bond donors (Lipinski definition) is 1. The van der Waals surface area contributed by atoms with Gasteiger partial charge in [-0.15, -0.1) is 0 Å². The zero-order chi connectivity index (χ0) is 16.0. The van der Waals surface area contributed by atoms with Gasteiger partial charge in [-0.25, -0.2) is 0 Å². The van der Waals surface area contributed by atoms with Crippen LogP contribution >= 0.6 is 15.9 Å². The minimum Gasteiger partial charge on any atom is -0.371 e. The van der Waals surface area contributed by atoms with Crippen molar-refractivity contribution in [3.63, 3.8) is 0 Å². The predicted octanol–water partition coefficient (Wildman–Crippen LogP) is 5.24. The van der Waals surface area contributed by atoms with Crippen molar-refractivity contribution < 1.29 is 0 Å². The SMILES string of the molecule is CCNC(C)c1cc(Br)ccc1N(CC(C)C)CC(C)C. The van der Waals surface area contributed by atoms with Crippen LogP contribution in [-0.2, 0) is 0 Å². The van der Waals surface area contributed by atoms with Gasteiger partial charge in [0.25, 0.3) is 0 Å². The minimum atomic E-state index is 0.365. The van der Waals surface area contributed by atoms with Gasteiger partial charge < -0.3 is 10.2 Å². The molecule has 0 bridgehead atoms. The van der Waals surface area contributed by atoms with E-state index in [1.807, 2.05) is 0 Å². The molecule has 120 valence electrons. The highest BCUT2D eigenvalue weighted by atomic mass is 79.9. The summed E-state index contributed by atoms with van der Waals surface area (Å²) in [4.78, 5) is 2.55. The summed E-state index contributed by atoms with van der Waals surface area (Å²) in [6, 6.07) is 7.05. The molecule has 0 fully saturated rings. The van der Waals surface area contributed by atoms with Crippen molar-refractivity contribution in [1.82, 2.24) is 5.32 Å². The Balaban J connectivity index is 3.15. The summed E-state index contributed by atoms with van der Waals surface area (Å²) in [5.41, 5.74) is 2.75. The lowest BCUT2D eigenvalue weighted by Crippen LogP contribution is -2.33. The first-order valence-electron chi connectivity index (χ1n) is 8.12. The zero-order valence-corrected chi connectivity index (χ0v) is 16.0. The first-order chi connectivity index (χ1) is 9.85. The fraction of sp³-hybridized carbons (Fsp3) is 0.667. The molecular weight excluding hydrogens is 324 g/mol. The number of rotatable bonds is 8. The quantitative estimate of drug-likeness (QED) is 0.686. The van der Waals surface area contributed by atoms with Crippen molar-refractivity contribution >= 4 is 21.6 Å². The molecule has 1 unspecified atom stereocenters. The molecular formula is C18H31BrN2. The first-order valence-corrected chi connectivity index (χ1v) is 8.92. The van der Waals surface area contributed by atoms with E-state index in [9.17, 15) is 0 Å². The number of benzene rings is 1. The van der Waals surface area contributed by atoms with Crippen LogP contribution < -0.4 is 10.2 Å². The molecule has 0 spiro atoms. The van der Waals surface area contributed by atoms with Crippen LogP contribution in [0.4, 0.5) is 5.69 Å². The Morgan fingerprint density at radius 3 is 2.10 bits per heavy atom. The van der Waals surface area contributed by atoms with Crippen LogP contribution in [0.3, 0.4) is 0 Å². The van der Waals surface area contributed by atoms with Crippen LogP contribution in [0.5, 0.6) is 0 Å². The molecule has 1 aromatic carbocycles. The van der Waals surface area contributed by atoms with E-state index in [2.05, 4.69) is 85.9 Å². The maximum Gasteiger partial charge on any atom is 0.0415 e. The molecule has 0 saturated carbocycles. The monoisotopic (exact) mass is 354 g/mol. The lowest BCUT2D eigenvalue weighted by molar-refractivity contribution is 0.544. The molecule has 0 heterocycles. The van der Waals surface area contributed by atoms with Gasteiger partial charge in [0.2, 0.25) is 0 Å². The van der Waals surface area contributed by atoms with Crippen LogP contribution in [0.1, 0.15) is 53.1 Å². The lowest BCUT2D eigenvalue weighted by Gasteiger charge is -2.32. The number of hydrogen-bond acceptors (Lipinski definition) is 2. The largest absolute Gasteiger partial charge is 0.371 e. The van der Waals surface area contributed by atoms with Crippen molar-refractivity contribution in [2.75, 3.05) is 24.5 Å². The molecule has 0 radical (unpaired) electrons. The molecule has 21 heavy (non-hydrogen) atoms. The van der Waals surface area contributed by atoms with Crippen molar-refractivity contribution in [2.45, 2.75) is 47.6 Å². The zero-order valence-electron chi connectivity index (χ0n) is 14.4. The van der Waals surface area contributed by atoms with Gasteiger partial charge in [0.05, 0.1) is 0 Å². The maximum absolute atomic E-state index is 3.62. The summed E-state index contributed by atoms with van der Waals surface area (Å²) in [5, 5.41) is 3.54. The summed E-state index contributed by atoms with van der Waals surface area (Å²) in [5.74, 6) is 1.32. The normalized spacial score (nSPS) is 13.0. The van der Waals surface area contributed by atoms with E-state index in [0.29, 0.717) is 17.9 Å². The van der Waals surface area contributed by atoms with Crippen molar-refractivity contribution in [3.8, 4) is 0 Å². The summed E-state index contributed by atoms with van der Waals surface area (Å²) in [6.45, 7) is 16.8. The average molecular weight is 355 g/mol. The number of anilines is 1. The molecule has 1 aromatic rings. The lowest BCUT2D eigenvalue weighted by atomic mass is 10.0. The van der Waals surface area contributed by atoms with Crippen molar-refractivity contribution in [3.05, 3.63) is 28.2 Å². The summed E-state index contributed by atoms with van der Waals surface area (Å²) in [6.07, 6.45) is 0. The van der Waals surface area contributed by atoms with Gasteiger partial charge in [-0.3, -0.25) is 0 Å². The van der Waals surface area contributed by atoms with Gasteiger partial charge in [0.1, 0.15) is 0 Å². The number of nitrogens with zero attached hydrogens (tertiary/aromatic N) is 1. The summed E-state index contributed by atoms with van der Waals surface area (Å²) < 4.78 is 1.15. The Morgan fingerprint density at radius 2 is 1.62 bits per heavy atom. The minimum absolute atomic E-state index is 0.365. The molecule has 0 saturated heterocycles. The van der Waals surface area contributed by atoms with E-state index in [4.69, 9.17) is 0 Å². The molecule has 1 N–H and O–H groups in total. The van der Waals surface area contributed by atoms with E-state index < -0.39 is 0 Å². The van der Waals surface area contributed by atoms with Crippen molar-refractivity contribution in [2.24, 2.45) is 11.8 Å². The fourth-order valence-electron chi connectivity index (χ4n) is 2.73. The average Bonchev–Trinajstić information content (AvgIpc) is 2.37. The molecule has 1 atom stereocenters. The second-order valence-electron chi connectivity index (χ2n) is 6.68. The molecule has 2 nitrogen and oxygen atoms in total. The van der Waals surface area contributed by atoms with E-state index >= 15 is 0 Å². The third-order valence-electron chi connectivity index (χ3n) is 3.48. The Bertz CT molecular complexity index is 419. The predicted molar refractivity (Wildman–Crippen MR) is 98.1 cm³/mol. The Hall–Kier alpha value is -0.540. The first kappa shape index (κ1) is 18.5. The Kier molecular flexibility index (Phi) is 7.75. The molecule has 1 rings (SSSR count). The van der Waals surface area contributed by atoms with Gasteiger partial charge in [-0.2, -0.15) is 0 Å². The second kappa shape index (κ2) is 8.79. The molecule has 0 aliphatic rings. The number of halogens is 1. The highest BCUT2D eigenvalue weighted by Gasteiger charge is 2.17. The molecule has 0 aromatic heterocycles. The van der Waals surface area contributed by atoms with Crippen LogP contribution in [0.15, 0.2) is 22.7 Å². The van der Waals surface area contributed by atoms with E-state index in [0.717, 1.165) is 24.1 Å². The highest BCUT2D eigenvalue weighted by molar-refractivity contribution is 9.10.